The summed E-state index contributed by atoms with van der Waals surface area (Å²) >= 11 is 0. The normalized spacial score (nSPS) is 26.9. The maximum atomic E-state index is 11.6. The predicted octanol–water partition coefficient (Wildman–Crippen LogP) is -0.253. The van der Waals surface area contributed by atoms with Gasteiger partial charge in [0.15, 0.2) is 0 Å². The second-order valence-corrected chi connectivity index (χ2v) is 5.48. The molecular weight excluding hydrogens is 244 g/mol. The maximum absolute atomic E-state index is 11.6. The molecule has 0 aromatic rings. The molecule has 4 N–H and O–H groups in total. The topological polar surface area (TPSA) is 87.5 Å². The molecule has 0 aliphatic carbocycles. The molecule has 2 unspecified atom stereocenters. The van der Waals surface area contributed by atoms with Crippen molar-refractivity contribution in [2.75, 3.05) is 19.6 Å². The van der Waals surface area contributed by atoms with Crippen LogP contribution in [0.2, 0.25) is 0 Å². The average molecular weight is 268 g/mol. The number of rotatable bonds is 6. The fourth-order valence-electron chi connectivity index (χ4n) is 3.17. The predicted molar refractivity (Wildman–Crippen MR) is 71.9 cm³/mol. The SMILES string of the molecule is NNC(=O)CCCCCN1CCCC2C(=O)NCC21. The van der Waals surface area contributed by atoms with Gasteiger partial charge in [-0.3, -0.25) is 19.9 Å². The van der Waals surface area contributed by atoms with Crippen molar-refractivity contribution >= 4 is 11.8 Å². The van der Waals surface area contributed by atoms with Crippen LogP contribution in [-0.2, 0) is 9.59 Å². The van der Waals surface area contributed by atoms with Crippen molar-refractivity contribution in [2.45, 2.75) is 44.6 Å². The van der Waals surface area contributed by atoms with Crippen LogP contribution in [-0.4, -0.2) is 42.4 Å². The lowest BCUT2D eigenvalue weighted by molar-refractivity contribution is -0.124. The van der Waals surface area contributed by atoms with E-state index >= 15 is 0 Å². The van der Waals surface area contributed by atoms with Crippen molar-refractivity contribution in [2.24, 2.45) is 11.8 Å². The van der Waals surface area contributed by atoms with Gasteiger partial charge in [-0.2, -0.15) is 0 Å². The van der Waals surface area contributed by atoms with Crippen molar-refractivity contribution in [3.05, 3.63) is 0 Å². The van der Waals surface area contributed by atoms with E-state index in [9.17, 15) is 9.59 Å². The number of likely N-dealkylation sites (tertiary alicyclic amines) is 1. The van der Waals surface area contributed by atoms with Crippen LogP contribution in [0.5, 0.6) is 0 Å². The highest BCUT2D eigenvalue weighted by Crippen LogP contribution is 2.27. The van der Waals surface area contributed by atoms with Crippen LogP contribution >= 0.6 is 0 Å². The molecule has 6 nitrogen and oxygen atoms in total. The molecule has 2 fully saturated rings. The minimum absolute atomic E-state index is 0.0939. The molecule has 0 aromatic heterocycles. The van der Waals surface area contributed by atoms with Crippen molar-refractivity contribution < 1.29 is 9.59 Å². The Kier molecular flexibility index (Phi) is 5.15. The van der Waals surface area contributed by atoms with E-state index in [0.29, 0.717) is 12.5 Å². The lowest BCUT2D eigenvalue weighted by atomic mass is 9.91. The highest BCUT2D eigenvalue weighted by atomic mass is 16.2. The number of carbonyl (C=O) groups excluding carboxylic acids is 2. The molecule has 108 valence electrons. The number of hydrazine groups is 1. The molecule has 2 atom stereocenters. The number of nitrogens with one attached hydrogen (secondary N) is 2. The number of carbonyl (C=O) groups is 2. The van der Waals surface area contributed by atoms with Crippen molar-refractivity contribution in [3.8, 4) is 0 Å². The summed E-state index contributed by atoms with van der Waals surface area (Å²) < 4.78 is 0. The third-order valence-corrected chi connectivity index (χ3v) is 4.23. The summed E-state index contributed by atoms with van der Waals surface area (Å²) in [5.41, 5.74) is 2.15. The van der Waals surface area contributed by atoms with E-state index in [2.05, 4.69) is 15.6 Å². The number of hydrogen-bond acceptors (Lipinski definition) is 4. The third kappa shape index (κ3) is 3.67. The van der Waals surface area contributed by atoms with E-state index in [4.69, 9.17) is 5.84 Å². The van der Waals surface area contributed by atoms with Crippen LogP contribution in [0.4, 0.5) is 0 Å². The zero-order chi connectivity index (χ0) is 13.7. The zero-order valence-electron chi connectivity index (χ0n) is 11.4. The number of piperidine rings is 1. The number of fused-ring (bicyclic) bond motifs is 1. The molecule has 0 saturated carbocycles. The van der Waals surface area contributed by atoms with Crippen LogP contribution in [0.1, 0.15) is 38.5 Å². The molecular formula is C13H24N4O2. The monoisotopic (exact) mass is 268 g/mol. The van der Waals surface area contributed by atoms with Crippen molar-refractivity contribution in [1.29, 1.82) is 0 Å². The molecule has 0 bridgehead atoms. The molecule has 2 amide bonds. The van der Waals surface area contributed by atoms with E-state index in [1.165, 1.54) is 0 Å². The average Bonchev–Trinajstić information content (AvgIpc) is 2.81. The Bertz CT molecular complexity index is 335. The van der Waals surface area contributed by atoms with Crippen LogP contribution in [0, 0.1) is 5.92 Å². The highest BCUT2D eigenvalue weighted by Gasteiger charge is 2.40. The summed E-state index contributed by atoms with van der Waals surface area (Å²) in [5, 5.41) is 2.97. The first kappa shape index (κ1) is 14.3. The number of amides is 2. The summed E-state index contributed by atoms with van der Waals surface area (Å²) in [5.74, 6) is 5.37. The minimum Gasteiger partial charge on any atom is -0.354 e. The van der Waals surface area contributed by atoms with Gasteiger partial charge in [0.1, 0.15) is 0 Å². The first-order valence-electron chi connectivity index (χ1n) is 7.23. The Morgan fingerprint density at radius 2 is 2.26 bits per heavy atom. The van der Waals surface area contributed by atoms with E-state index in [-0.39, 0.29) is 17.7 Å². The minimum atomic E-state index is -0.0939. The number of unbranched alkanes of at least 4 members (excludes halogenated alkanes) is 2. The summed E-state index contributed by atoms with van der Waals surface area (Å²) in [6.07, 6.45) is 5.64. The first-order chi connectivity index (χ1) is 9.22. The molecule has 0 aromatic carbocycles. The van der Waals surface area contributed by atoms with E-state index < -0.39 is 0 Å². The van der Waals surface area contributed by atoms with Crippen LogP contribution in [0.25, 0.3) is 0 Å². The highest BCUT2D eigenvalue weighted by molar-refractivity contribution is 5.82. The van der Waals surface area contributed by atoms with Gasteiger partial charge in [0.05, 0.1) is 5.92 Å². The summed E-state index contributed by atoms with van der Waals surface area (Å²) in [6, 6.07) is 0.397. The van der Waals surface area contributed by atoms with E-state index in [1.807, 2.05) is 0 Å². The Hall–Kier alpha value is -1.14. The van der Waals surface area contributed by atoms with Gasteiger partial charge < -0.3 is 5.32 Å². The Labute approximate surface area is 114 Å². The largest absolute Gasteiger partial charge is 0.354 e. The molecule has 2 aliphatic heterocycles. The Morgan fingerprint density at radius 3 is 3.05 bits per heavy atom. The van der Waals surface area contributed by atoms with Gasteiger partial charge in [-0.15, -0.1) is 0 Å². The molecule has 0 radical (unpaired) electrons. The second-order valence-electron chi connectivity index (χ2n) is 5.48. The molecule has 2 aliphatic rings. The fourth-order valence-corrected chi connectivity index (χ4v) is 3.17. The third-order valence-electron chi connectivity index (χ3n) is 4.23. The molecule has 6 heteroatoms. The number of nitrogens with two attached hydrogens (primary N) is 1. The van der Waals surface area contributed by atoms with E-state index in [0.717, 1.165) is 51.7 Å². The van der Waals surface area contributed by atoms with Gasteiger partial charge in [-0.1, -0.05) is 6.42 Å². The van der Waals surface area contributed by atoms with Crippen LogP contribution < -0.4 is 16.6 Å². The van der Waals surface area contributed by atoms with E-state index in [1.54, 1.807) is 0 Å². The number of hydrogen-bond donors (Lipinski definition) is 3. The summed E-state index contributed by atoms with van der Waals surface area (Å²) in [4.78, 5) is 25.1. The molecule has 0 spiro atoms. The van der Waals surface area contributed by atoms with Crippen molar-refractivity contribution in [3.63, 3.8) is 0 Å². The maximum Gasteiger partial charge on any atom is 0.233 e. The van der Waals surface area contributed by atoms with Gasteiger partial charge in [0.25, 0.3) is 0 Å². The zero-order valence-corrected chi connectivity index (χ0v) is 11.4. The van der Waals surface area contributed by atoms with Gasteiger partial charge in [-0.25, -0.2) is 5.84 Å². The summed E-state index contributed by atoms with van der Waals surface area (Å²) in [7, 11) is 0. The molecule has 2 heterocycles. The van der Waals surface area contributed by atoms with Gasteiger partial charge in [-0.05, 0) is 38.8 Å². The van der Waals surface area contributed by atoms with Gasteiger partial charge in [0, 0.05) is 19.0 Å². The Morgan fingerprint density at radius 1 is 1.42 bits per heavy atom. The lowest BCUT2D eigenvalue weighted by Gasteiger charge is -2.35. The van der Waals surface area contributed by atoms with Gasteiger partial charge >= 0.3 is 0 Å². The Balaban J connectivity index is 1.65. The fraction of sp³-hybridized carbons (Fsp3) is 0.846. The van der Waals surface area contributed by atoms with Crippen molar-refractivity contribution in [1.82, 2.24) is 15.6 Å². The summed E-state index contributed by atoms with van der Waals surface area (Å²) in [6.45, 7) is 2.93. The molecule has 2 saturated heterocycles. The van der Waals surface area contributed by atoms with Gasteiger partial charge in [0.2, 0.25) is 11.8 Å². The first-order valence-corrected chi connectivity index (χ1v) is 7.23. The van der Waals surface area contributed by atoms with Crippen LogP contribution in [0.15, 0.2) is 0 Å². The standard InChI is InChI=1S/C13H24N4O2/c14-16-12(18)6-2-1-3-7-17-8-4-5-10-11(17)9-15-13(10)19/h10-11H,1-9,14H2,(H,15,19)(H,16,18). The number of nitrogens with zero attached hydrogens (tertiary/aromatic N) is 1. The molecule has 2 rings (SSSR count). The smallest absolute Gasteiger partial charge is 0.233 e. The molecule has 19 heavy (non-hydrogen) atoms. The lowest BCUT2D eigenvalue weighted by Crippen LogP contribution is -2.45. The quantitative estimate of drug-likeness (QED) is 0.268. The second kappa shape index (κ2) is 6.86. The van der Waals surface area contributed by atoms with Crippen LogP contribution in [0.3, 0.4) is 0 Å².